The number of fused-ring (bicyclic) bond motifs is 2. The van der Waals surface area contributed by atoms with Gasteiger partial charge in [-0.1, -0.05) is 54.6 Å². The average Bonchev–Trinajstić information content (AvgIpc) is 2.65. The molecule has 0 aromatic heterocycles. The Labute approximate surface area is 140 Å². The Hall–Kier alpha value is -3.20. The van der Waals surface area contributed by atoms with Crippen molar-refractivity contribution in [2.45, 2.75) is 0 Å². The zero-order valence-electron chi connectivity index (χ0n) is 13.2. The van der Waals surface area contributed by atoms with Crippen LogP contribution in [0.15, 0.2) is 72.8 Å². The Morgan fingerprint density at radius 3 is 1.92 bits per heavy atom. The van der Waals surface area contributed by atoms with Crippen molar-refractivity contribution in [3.05, 3.63) is 95.1 Å². The van der Waals surface area contributed by atoms with Crippen molar-refractivity contribution in [3.63, 3.8) is 0 Å². The number of para-hydroxylation sites is 1. The Balaban J connectivity index is 1.92. The highest BCUT2D eigenvalue weighted by molar-refractivity contribution is 6.30. The lowest BCUT2D eigenvalue weighted by molar-refractivity contribution is 0.0979. The van der Waals surface area contributed by atoms with Crippen LogP contribution in [0.25, 0.3) is 0 Å². The van der Waals surface area contributed by atoms with Gasteiger partial charge in [0.25, 0.3) is 0 Å². The van der Waals surface area contributed by atoms with Crippen molar-refractivity contribution < 1.29 is 9.59 Å². The molecule has 3 nitrogen and oxygen atoms in total. The smallest absolute Gasteiger partial charge is 0.196 e. The Bertz CT molecular complexity index is 961. The molecule has 0 atom stereocenters. The predicted molar refractivity (Wildman–Crippen MR) is 94.3 cm³/mol. The van der Waals surface area contributed by atoms with Gasteiger partial charge < -0.3 is 4.90 Å². The summed E-state index contributed by atoms with van der Waals surface area (Å²) in [7, 11) is 1.91. The maximum absolute atomic E-state index is 13.0. The van der Waals surface area contributed by atoms with E-state index in [-0.39, 0.29) is 11.6 Å². The van der Waals surface area contributed by atoms with Crippen LogP contribution >= 0.6 is 0 Å². The molecule has 24 heavy (non-hydrogen) atoms. The van der Waals surface area contributed by atoms with E-state index in [0.717, 1.165) is 11.4 Å². The Morgan fingerprint density at radius 2 is 1.21 bits per heavy atom. The first-order chi connectivity index (χ1) is 11.7. The molecule has 1 aliphatic carbocycles. The Kier molecular flexibility index (Phi) is 3.28. The molecule has 0 spiro atoms. The summed E-state index contributed by atoms with van der Waals surface area (Å²) in [6.07, 6.45) is 0. The van der Waals surface area contributed by atoms with Crippen LogP contribution in [0, 0.1) is 0 Å². The van der Waals surface area contributed by atoms with E-state index in [2.05, 4.69) is 0 Å². The lowest BCUT2D eigenvalue weighted by atomic mass is 9.83. The second-order valence-corrected chi connectivity index (χ2v) is 5.80. The van der Waals surface area contributed by atoms with Gasteiger partial charge in [0.15, 0.2) is 11.6 Å². The van der Waals surface area contributed by atoms with Gasteiger partial charge in [-0.15, -0.1) is 0 Å². The van der Waals surface area contributed by atoms with Crippen molar-refractivity contribution >= 4 is 22.9 Å². The first-order valence-corrected chi connectivity index (χ1v) is 7.78. The molecule has 116 valence electrons. The standard InChI is InChI=1S/C21H15NO2/c1-22(14-8-3-2-4-9-14)18-13-7-12-17-19(18)21(24)16-11-6-5-10-15(16)20(17)23/h2-13H,1H3. The number of benzene rings is 3. The van der Waals surface area contributed by atoms with Crippen molar-refractivity contribution in [1.82, 2.24) is 0 Å². The van der Waals surface area contributed by atoms with Crippen LogP contribution in [-0.4, -0.2) is 18.6 Å². The fraction of sp³-hybridized carbons (Fsp3) is 0.0476. The number of hydrogen-bond acceptors (Lipinski definition) is 3. The van der Waals surface area contributed by atoms with Crippen molar-refractivity contribution in [2.75, 3.05) is 11.9 Å². The summed E-state index contributed by atoms with van der Waals surface area (Å²) in [5.74, 6) is -0.193. The number of ketones is 2. The number of carbonyl (C=O) groups excluding carboxylic acids is 2. The summed E-state index contributed by atoms with van der Waals surface area (Å²) >= 11 is 0. The minimum absolute atomic E-state index is 0.0940. The quantitative estimate of drug-likeness (QED) is 0.556. The molecule has 0 heterocycles. The molecule has 0 radical (unpaired) electrons. The van der Waals surface area contributed by atoms with Crippen LogP contribution in [0.1, 0.15) is 31.8 Å². The summed E-state index contributed by atoms with van der Waals surface area (Å²) in [5.41, 5.74) is 3.61. The normalized spacial score (nSPS) is 12.5. The van der Waals surface area contributed by atoms with Gasteiger partial charge >= 0.3 is 0 Å². The van der Waals surface area contributed by atoms with E-state index in [0.29, 0.717) is 22.3 Å². The van der Waals surface area contributed by atoms with E-state index in [1.165, 1.54) is 0 Å². The van der Waals surface area contributed by atoms with Crippen molar-refractivity contribution in [1.29, 1.82) is 0 Å². The van der Waals surface area contributed by atoms with Crippen molar-refractivity contribution in [2.24, 2.45) is 0 Å². The van der Waals surface area contributed by atoms with Gasteiger partial charge in [0.05, 0.1) is 11.3 Å². The summed E-state index contributed by atoms with van der Waals surface area (Å²) in [6.45, 7) is 0. The highest BCUT2D eigenvalue weighted by Crippen LogP contribution is 2.35. The number of rotatable bonds is 2. The number of nitrogens with zero attached hydrogens (tertiary/aromatic N) is 1. The van der Waals surface area contributed by atoms with E-state index in [4.69, 9.17) is 0 Å². The lowest BCUT2D eigenvalue weighted by Gasteiger charge is -2.26. The van der Waals surface area contributed by atoms with Gasteiger partial charge in [-0.3, -0.25) is 9.59 Å². The van der Waals surface area contributed by atoms with Crippen LogP contribution in [0.2, 0.25) is 0 Å². The molecular weight excluding hydrogens is 298 g/mol. The van der Waals surface area contributed by atoms with E-state index >= 15 is 0 Å². The van der Waals surface area contributed by atoms with Gasteiger partial charge in [0.2, 0.25) is 0 Å². The molecule has 0 N–H and O–H groups in total. The third-order valence-electron chi connectivity index (χ3n) is 4.44. The monoisotopic (exact) mass is 313 g/mol. The van der Waals surface area contributed by atoms with Gasteiger partial charge in [-0.2, -0.15) is 0 Å². The average molecular weight is 313 g/mol. The first-order valence-electron chi connectivity index (χ1n) is 7.78. The zero-order valence-corrected chi connectivity index (χ0v) is 13.2. The molecule has 3 heteroatoms. The maximum Gasteiger partial charge on any atom is 0.196 e. The molecule has 0 unspecified atom stereocenters. The molecule has 0 bridgehead atoms. The highest BCUT2D eigenvalue weighted by atomic mass is 16.1. The number of hydrogen-bond donors (Lipinski definition) is 0. The summed E-state index contributed by atoms with van der Waals surface area (Å²) in [5, 5.41) is 0. The van der Waals surface area contributed by atoms with E-state index < -0.39 is 0 Å². The van der Waals surface area contributed by atoms with E-state index in [1.54, 1.807) is 30.3 Å². The fourth-order valence-corrected chi connectivity index (χ4v) is 3.20. The lowest BCUT2D eigenvalue weighted by Crippen LogP contribution is -2.24. The maximum atomic E-state index is 13.0. The zero-order chi connectivity index (χ0) is 16.7. The van der Waals surface area contributed by atoms with Crippen LogP contribution in [0.5, 0.6) is 0 Å². The molecule has 4 rings (SSSR count). The van der Waals surface area contributed by atoms with Gasteiger partial charge in [0, 0.05) is 29.4 Å². The van der Waals surface area contributed by atoms with Crippen LogP contribution < -0.4 is 4.90 Å². The second kappa shape index (κ2) is 5.46. The van der Waals surface area contributed by atoms with E-state index in [9.17, 15) is 9.59 Å². The van der Waals surface area contributed by atoms with Crippen molar-refractivity contribution in [3.8, 4) is 0 Å². The second-order valence-electron chi connectivity index (χ2n) is 5.80. The number of carbonyl (C=O) groups is 2. The van der Waals surface area contributed by atoms with Gasteiger partial charge in [-0.05, 0) is 18.2 Å². The largest absolute Gasteiger partial charge is 0.344 e. The van der Waals surface area contributed by atoms with Crippen LogP contribution in [-0.2, 0) is 0 Å². The van der Waals surface area contributed by atoms with Gasteiger partial charge in [-0.25, -0.2) is 0 Å². The molecule has 0 aliphatic heterocycles. The van der Waals surface area contributed by atoms with Gasteiger partial charge in [0.1, 0.15) is 0 Å². The van der Waals surface area contributed by atoms with Crippen LogP contribution in [0.3, 0.4) is 0 Å². The first kappa shape index (κ1) is 14.4. The third kappa shape index (κ3) is 2.06. The summed E-state index contributed by atoms with van der Waals surface area (Å²) < 4.78 is 0. The Morgan fingerprint density at radius 1 is 0.625 bits per heavy atom. The highest BCUT2D eigenvalue weighted by Gasteiger charge is 2.32. The predicted octanol–water partition coefficient (Wildman–Crippen LogP) is 4.23. The number of anilines is 2. The molecule has 3 aromatic rings. The molecule has 1 aliphatic rings. The summed E-state index contributed by atoms with van der Waals surface area (Å²) in [6, 6.07) is 22.2. The topological polar surface area (TPSA) is 37.4 Å². The third-order valence-corrected chi connectivity index (χ3v) is 4.44. The van der Waals surface area contributed by atoms with Crippen LogP contribution in [0.4, 0.5) is 11.4 Å². The summed E-state index contributed by atoms with van der Waals surface area (Å²) in [4.78, 5) is 27.8. The minimum atomic E-state index is -0.0985. The minimum Gasteiger partial charge on any atom is -0.344 e. The fourth-order valence-electron chi connectivity index (χ4n) is 3.20. The molecular formula is C21H15NO2. The molecule has 0 fully saturated rings. The van der Waals surface area contributed by atoms with E-state index in [1.807, 2.05) is 54.4 Å². The molecule has 0 saturated heterocycles. The molecule has 0 amide bonds. The molecule has 3 aromatic carbocycles. The molecule has 0 saturated carbocycles. The SMILES string of the molecule is CN(c1ccccc1)c1cccc2c1C(=O)c1ccccc1C2=O.